The van der Waals surface area contributed by atoms with Crippen LogP contribution in [0.5, 0.6) is 0 Å². The van der Waals surface area contributed by atoms with Crippen LogP contribution in [0.3, 0.4) is 0 Å². The molecule has 1 aromatic carbocycles. The van der Waals surface area contributed by atoms with Crippen molar-refractivity contribution in [3.63, 3.8) is 0 Å². The number of piperidine rings is 1. The van der Waals surface area contributed by atoms with Crippen LogP contribution in [-0.2, 0) is 16.4 Å². The number of hydrogen-bond acceptors (Lipinski definition) is 4. The molecule has 3 rings (SSSR count). The minimum absolute atomic E-state index is 0.254. The summed E-state index contributed by atoms with van der Waals surface area (Å²) in [6, 6.07) is 13.9. The minimum atomic E-state index is -3.45. The van der Waals surface area contributed by atoms with Crippen molar-refractivity contribution in [3.05, 3.63) is 60.4 Å². The van der Waals surface area contributed by atoms with Crippen LogP contribution in [0, 0.1) is 0 Å². The van der Waals surface area contributed by atoms with Gasteiger partial charge in [-0.3, -0.25) is 4.98 Å². The lowest BCUT2D eigenvalue weighted by Crippen LogP contribution is -2.48. The standard InChI is InChI=1S/C19H25N3O2S/c1-21(14-11-17-7-3-2-4-8-17)18-9-6-13-22(16-18)25(23,24)19-10-5-12-20-15-19/h2-5,7-8,10,12,15,18H,6,9,11,13-14,16H2,1H3/t18-/m0/s1. The number of aromatic nitrogens is 1. The van der Waals surface area contributed by atoms with Crippen LogP contribution in [-0.4, -0.2) is 55.3 Å². The van der Waals surface area contributed by atoms with E-state index in [1.165, 1.54) is 11.8 Å². The Morgan fingerprint density at radius 2 is 2.00 bits per heavy atom. The number of sulfonamides is 1. The monoisotopic (exact) mass is 359 g/mol. The first-order valence-corrected chi connectivity index (χ1v) is 10.2. The Labute approximate surface area is 150 Å². The van der Waals surface area contributed by atoms with E-state index < -0.39 is 10.0 Å². The Balaban J connectivity index is 1.62. The van der Waals surface area contributed by atoms with Gasteiger partial charge in [-0.05, 0) is 44.0 Å². The summed E-state index contributed by atoms with van der Waals surface area (Å²) in [6.45, 7) is 2.05. The second kappa shape index (κ2) is 8.08. The van der Waals surface area contributed by atoms with Crippen LogP contribution in [0.4, 0.5) is 0 Å². The zero-order chi connectivity index (χ0) is 17.7. The van der Waals surface area contributed by atoms with Crippen molar-refractivity contribution >= 4 is 10.0 Å². The number of hydrogen-bond donors (Lipinski definition) is 0. The predicted octanol–water partition coefficient (Wildman–Crippen LogP) is 2.41. The van der Waals surface area contributed by atoms with E-state index in [4.69, 9.17) is 0 Å². The number of benzene rings is 1. The molecule has 0 radical (unpaired) electrons. The average molecular weight is 359 g/mol. The molecule has 0 amide bonds. The van der Waals surface area contributed by atoms with Crippen molar-refractivity contribution < 1.29 is 8.42 Å². The summed E-state index contributed by atoms with van der Waals surface area (Å²) in [4.78, 5) is 6.52. The van der Waals surface area contributed by atoms with Crippen LogP contribution in [0.15, 0.2) is 59.8 Å². The summed E-state index contributed by atoms with van der Waals surface area (Å²) < 4.78 is 27.2. The van der Waals surface area contributed by atoms with Crippen LogP contribution < -0.4 is 0 Å². The molecular weight excluding hydrogens is 334 g/mol. The predicted molar refractivity (Wildman–Crippen MR) is 98.8 cm³/mol. The fourth-order valence-corrected chi connectivity index (χ4v) is 4.76. The van der Waals surface area contributed by atoms with E-state index >= 15 is 0 Å². The second-order valence-corrected chi connectivity index (χ2v) is 8.50. The first kappa shape index (κ1) is 18.0. The molecule has 0 bridgehead atoms. The molecule has 0 unspecified atom stereocenters. The van der Waals surface area contributed by atoms with Crippen molar-refractivity contribution in [2.45, 2.75) is 30.2 Å². The Bertz CT molecular complexity index is 766. The smallest absolute Gasteiger partial charge is 0.244 e. The lowest BCUT2D eigenvalue weighted by Gasteiger charge is -2.37. The van der Waals surface area contributed by atoms with Crippen molar-refractivity contribution in [3.8, 4) is 0 Å². The molecule has 0 aliphatic carbocycles. The molecule has 25 heavy (non-hydrogen) atoms. The summed E-state index contributed by atoms with van der Waals surface area (Å²) in [5, 5.41) is 0. The van der Waals surface area contributed by atoms with Gasteiger partial charge in [0.25, 0.3) is 0 Å². The lowest BCUT2D eigenvalue weighted by atomic mass is 10.1. The fourth-order valence-electron chi connectivity index (χ4n) is 3.28. The molecule has 2 heterocycles. The molecule has 1 atom stereocenters. The normalized spacial score (nSPS) is 19.2. The third kappa shape index (κ3) is 4.45. The molecule has 0 spiro atoms. The average Bonchev–Trinajstić information content (AvgIpc) is 2.67. The molecule has 1 fully saturated rings. The molecule has 1 aliphatic heterocycles. The van der Waals surface area contributed by atoms with Gasteiger partial charge in [0.1, 0.15) is 4.90 Å². The van der Waals surface area contributed by atoms with Gasteiger partial charge in [-0.1, -0.05) is 30.3 Å². The first-order valence-electron chi connectivity index (χ1n) is 8.72. The van der Waals surface area contributed by atoms with Gasteiger partial charge in [-0.15, -0.1) is 0 Å². The third-order valence-corrected chi connectivity index (χ3v) is 6.70. The Hall–Kier alpha value is -1.76. The molecule has 1 saturated heterocycles. The van der Waals surface area contributed by atoms with Gasteiger partial charge in [-0.25, -0.2) is 8.42 Å². The van der Waals surface area contributed by atoms with Crippen molar-refractivity contribution in [2.24, 2.45) is 0 Å². The minimum Gasteiger partial charge on any atom is -0.302 e. The molecule has 1 aliphatic rings. The van der Waals surface area contributed by atoms with E-state index in [0.29, 0.717) is 13.1 Å². The molecule has 1 aromatic heterocycles. The maximum atomic E-state index is 12.8. The molecule has 0 N–H and O–H groups in total. The van der Waals surface area contributed by atoms with Crippen molar-refractivity contribution in [1.29, 1.82) is 0 Å². The summed E-state index contributed by atoms with van der Waals surface area (Å²) in [6.07, 6.45) is 5.92. The summed E-state index contributed by atoms with van der Waals surface area (Å²) in [7, 11) is -1.36. The highest BCUT2D eigenvalue weighted by Crippen LogP contribution is 2.22. The zero-order valence-electron chi connectivity index (χ0n) is 14.6. The Morgan fingerprint density at radius 3 is 2.72 bits per heavy atom. The first-order chi connectivity index (χ1) is 12.1. The van der Waals surface area contributed by atoms with Gasteiger partial charge in [0, 0.05) is 38.1 Å². The van der Waals surface area contributed by atoms with E-state index in [-0.39, 0.29) is 10.9 Å². The summed E-state index contributed by atoms with van der Waals surface area (Å²) in [5.74, 6) is 0. The summed E-state index contributed by atoms with van der Waals surface area (Å²) in [5.41, 5.74) is 1.31. The lowest BCUT2D eigenvalue weighted by molar-refractivity contribution is 0.164. The molecule has 6 heteroatoms. The van der Waals surface area contributed by atoms with Crippen LogP contribution in [0.25, 0.3) is 0 Å². The number of rotatable bonds is 6. The number of nitrogens with zero attached hydrogens (tertiary/aromatic N) is 3. The van der Waals surface area contributed by atoms with E-state index in [9.17, 15) is 8.42 Å². The van der Waals surface area contributed by atoms with Gasteiger partial charge in [0.15, 0.2) is 0 Å². The van der Waals surface area contributed by atoms with Crippen molar-refractivity contribution in [1.82, 2.24) is 14.2 Å². The van der Waals surface area contributed by atoms with Gasteiger partial charge in [0.2, 0.25) is 10.0 Å². The van der Waals surface area contributed by atoms with Crippen molar-refractivity contribution in [2.75, 3.05) is 26.7 Å². The van der Waals surface area contributed by atoms with E-state index in [2.05, 4.69) is 41.2 Å². The highest BCUT2D eigenvalue weighted by molar-refractivity contribution is 7.89. The SMILES string of the molecule is CN(CCc1ccccc1)[C@H]1CCCN(S(=O)(=O)c2cccnc2)C1. The Kier molecular flexibility index (Phi) is 5.83. The van der Waals surface area contributed by atoms with Crippen LogP contribution >= 0.6 is 0 Å². The van der Waals surface area contributed by atoms with E-state index in [1.807, 2.05) is 6.07 Å². The number of pyridine rings is 1. The number of likely N-dealkylation sites (N-methyl/N-ethyl adjacent to an activating group) is 1. The van der Waals surface area contributed by atoms with E-state index in [0.717, 1.165) is 25.8 Å². The van der Waals surface area contributed by atoms with Gasteiger partial charge in [0.05, 0.1) is 0 Å². The van der Waals surface area contributed by atoms with Gasteiger partial charge in [-0.2, -0.15) is 4.31 Å². The van der Waals surface area contributed by atoms with Gasteiger partial charge >= 0.3 is 0 Å². The molecule has 134 valence electrons. The molecule has 5 nitrogen and oxygen atoms in total. The van der Waals surface area contributed by atoms with Crippen LogP contribution in [0.2, 0.25) is 0 Å². The molecule has 2 aromatic rings. The Morgan fingerprint density at radius 1 is 1.20 bits per heavy atom. The fraction of sp³-hybridized carbons (Fsp3) is 0.421. The second-order valence-electron chi connectivity index (χ2n) is 6.56. The zero-order valence-corrected chi connectivity index (χ0v) is 15.4. The maximum absolute atomic E-state index is 12.8. The highest BCUT2D eigenvalue weighted by atomic mass is 32.2. The summed E-state index contributed by atoms with van der Waals surface area (Å²) >= 11 is 0. The largest absolute Gasteiger partial charge is 0.302 e. The van der Waals surface area contributed by atoms with E-state index in [1.54, 1.807) is 22.6 Å². The third-order valence-electron chi connectivity index (χ3n) is 4.85. The topological polar surface area (TPSA) is 53.5 Å². The van der Waals surface area contributed by atoms with Gasteiger partial charge < -0.3 is 4.90 Å². The van der Waals surface area contributed by atoms with Crippen LogP contribution in [0.1, 0.15) is 18.4 Å². The molecule has 0 saturated carbocycles. The maximum Gasteiger partial charge on any atom is 0.244 e. The molecular formula is C19H25N3O2S. The quantitative estimate of drug-likeness (QED) is 0.795. The highest BCUT2D eigenvalue weighted by Gasteiger charge is 2.31.